The molecule has 0 aromatic heterocycles. The molecule has 0 amide bonds. The van der Waals surface area contributed by atoms with Crippen LogP contribution in [-0.2, 0) is 14.3 Å². The van der Waals surface area contributed by atoms with Gasteiger partial charge in [0.25, 0.3) is 10.1 Å². The summed E-state index contributed by atoms with van der Waals surface area (Å²) in [5.41, 5.74) is -0.522. The van der Waals surface area contributed by atoms with E-state index in [2.05, 4.69) is 20.1 Å². The average molecular weight is 457 g/mol. The molecule has 0 aliphatic carbocycles. The molecule has 0 heterocycles. The van der Waals surface area contributed by atoms with Gasteiger partial charge in [0.15, 0.2) is 0 Å². The first-order chi connectivity index (χ1) is 11.6. The van der Waals surface area contributed by atoms with Crippen LogP contribution in [0.3, 0.4) is 0 Å². The maximum absolute atomic E-state index is 14.0. The van der Waals surface area contributed by atoms with Crippen molar-refractivity contribution in [2.75, 3.05) is 0 Å². The van der Waals surface area contributed by atoms with Crippen molar-refractivity contribution in [1.82, 2.24) is 0 Å². The topological polar surface area (TPSA) is 86.5 Å². The Morgan fingerprint density at radius 2 is 1.72 bits per heavy atom. The largest absolute Gasteiger partial charge is 0.543 e. The van der Waals surface area contributed by atoms with Gasteiger partial charge in [0, 0.05) is 15.1 Å². The van der Waals surface area contributed by atoms with E-state index in [4.69, 9.17) is 11.6 Å². The van der Waals surface area contributed by atoms with Crippen LogP contribution in [-0.4, -0.2) is 19.4 Å². The summed E-state index contributed by atoms with van der Waals surface area (Å²) < 4.78 is 57.7. The van der Waals surface area contributed by atoms with Gasteiger partial charge in [0.05, 0.1) is 9.82 Å². The minimum absolute atomic E-state index is 0.292. The zero-order valence-electron chi connectivity index (χ0n) is 12.1. The highest BCUT2D eigenvalue weighted by atomic mass is 79.9. The highest BCUT2D eigenvalue weighted by Gasteiger charge is 2.57. The molecule has 1 atom stereocenters. The second kappa shape index (κ2) is 7.32. The fourth-order valence-corrected chi connectivity index (χ4v) is 3.42. The molecule has 11 heteroatoms. The highest BCUT2D eigenvalue weighted by molar-refractivity contribution is 9.10. The molecular weight excluding hydrogens is 448 g/mol. The molecule has 2 aromatic rings. The van der Waals surface area contributed by atoms with Crippen LogP contribution >= 0.6 is 27.5 Å². The zero-order valence-corrected chi connectivity index (χ0v) is 15.3. The number of benzene rings is 2. The van der Waals surface area contributed by atoms with Gasteiger partial charge in [-0.25, -0.2) is 4.18 Å². The fraction of sp³-hybridized carbons (Fsp3) is 0.143. The normalized spacial score (nSPS) is 13.4. The third-order valence-corrected chi connectivity index (χ3v) is 5.24. The van der Waals surface area contributed by atoms with Crippen LogP contribution in [0.2, 0.25) is 5.02 Å². The Balaban J connectivity index is 2.52. The Morgan fingerprint density at radius 3 is 2.24 bits per heavy atom. The molecular formula is C14H9BrClF2NO5S. The number of nitrogens with zero attached hydrogens (tertiary/aromatic N) is 1. The van der Waals surface area contributed by atoms with Gasteiger partial charge in [-0.05, 0) is 30.3 Å². The lowest BCUT2D eigenvalue weighted by Gasteiger charge is -2.21. The number of halogens is 4. The fourth-order valence-electron chi connectivity index (χ4n) is 1.86. The van der Waals surface area contributed by atoms with Gasteiger partial charge in [-0.15, -0.1) is 8.78 Å². The Hall–Kier alpha value is -1.62. The van der Waals surface area contributed by atoms with Gasteiger partial charge in [-0.2, -0.15) is 8.42 Å². The van der Waals surface area contributed by atoms with Gasteiger partial charge in [-0.1, -0.05) is 45.7 Å². The summed E-state index contributed by atoms with van der Waals surface area (Å²) in [5.74, 6) is 0. The van der Waals surface area contributed by atoms with Gasteiger partial charge in [0.2, 0.25) is 6.10 Å². The summed E-state index contributed by atoms with van der Waals surface area (Å²) in [6, 6.07) is 5.08. The molecule has 0 saturated heterocycles. The molecule has 0 bridgehead atoms. The number of hydrogen-bond acceptors (Lipinski definition) is 5. The number of rotatable bonds is 6. The van der Waals surface area contributed by atoms with Crippen molar-refractivity contribution in [3.8, 4) is 0 Å². The maximum Gasteiger partial charge on any atom is 0.543 e. The van der Waals surface area contributed by atoms with Gasteiger partial charge >= 0.3 is 6.05 Å². The first kappa shape index (κ1) is 19.7. The highest BCUT2D eigenvalue weighted by Crippen LogP contribution is 2.40. The Labute approximate surface area is 154 Å². The van der Waals surface area contributed by atoms with E-state index >= 15 is 0 Å². The first-order valence-electron chi connectivity index (χ1n) is 6.51. The SMILES string of the molecule is O=[N+]([O-])C(F)(F)[C@@H](OS(=O)(=O)c1ccc(Br)cc1)c1ccccc1Cl. The van der Waals surface area contributed by atoms with Crippen molar-refractivity contribution < 1.29 is 26.3 Å². The maximum atomic E-state index is 14.0. The van der Waals surface area contributed by atoms with Crippen molar-refractivity contribution in [2.45, 2.75) is 17.0 Å². The molecule has 0 unspecified atom stereocenters. The van der Waals surface area contributed by atoms with Crippen LogP contribution in [0.5, 0.6) is 0 Å². The molecule has 0 radical (unpaired) electrons. The van der Waals surface area contributed by atoms with Crippen molar-refractivity contribution in [3.05, 3.63) is 73.7 Å². The second-order valence-electron chi connectivity index (χ2n) is 4.75. The van der Waals surface area contributed by atoms with Gasteiger partial charge in [-0.3, -0.25) is 10.1 Å². The molecule has 25 heavy (non-hydrogen) atoms. The van der Waals surface area contributed by atoms with Crippen LogP contribution < -0.4 is 0 Å². The van der Waals surface area contributed by atoms with E-state index in [1.165, 1.54) is 30.3 Å². The minimum Gasteiger partial charge on any atom is -0.259 e. The summed E-state index contributed by atoms with van der Waals surface area (Å²) in [6.07, 6.45) is -2.73. The molecule has 134 valence electrons. The second-order valence-corrected chi connectivity index (χ2v) is 7.65. The predicted molar refractivity (Wildman–Crippen MR) is 88.5 cm³/mol. The monoisotopic (exact) mass is 455 g/mol. The minimum atomic E-state index is -4.73. The summed E-state index contributed by atoms with van der Waals surface area (Å²) in [4.78, 5) is 8.39. The average Bonchev–Trinajstić information content (AvgIpc) is 2.53. The summed E-state index contributed by atoms with van der Waals surface area (Å²) in [7, 11) is -4.72. The zero-order chi connectivity index (χ0) is 18.8. The van der Waals surface area contributed by atoms with Crippen molar-refractivity contribution in [1.29, 1.82) is 0 Å². The Kier molecular flexibility index (Phi) is 5.77. The third kappa shape index (κ3) is 4.32. The van der Waals surface area contributed by atoms with Crippen LogP contribution in [0.1, 0.15) is 11.7 Å². The van der Waals surface area contributed by atoms with Crippen molar-refractivity contribution in [3.63, 3.8) is 0 Å². The van der Waals surface area contributed by atoms with Crippen LogP contribution in [0.4, 0.5) is 8.78 Å². The summed E-state index contributed by atoms with van der Waals surface area (Å²) in [5, 5.41) is 10.5. The number of nitro groups is 1. The lowest BCUT2D eigenvalue weighted by molar-refractivity contribution is -0.657. The molecule has 0 aliphatic heterocycles. The standard InChI is InChI=1S/C14H9BrClF2NO5S/c15-9-5-7-10(8-6-9)25(22,23)24-13(14(17,18)19(20)21)11-3-1-2-4-12(11)16/h1-8,13H/t13-/m0/s1. The summed E-state index contributed by atoms with van der Waals surface area (Å²) >= 11 is 8.89. The van der Waals surface area contributed by atoms with Gasteiger partial charge in [0.1, 0.15) is 0 Å². The summed E-state index contributed by atoms with van der Waals surface area (Å²) in [6.45, 7) is 0. The van der Waals surface area contributed by atoms with Crippen LogP contribution in [0.15, 0.2) is 57.9 Å². The van der Waals surface area contributed by atoms with Crippen molar-refractivity contribution in [2.24, 2.45) is 0 Å². The van der Waals surface area contributed by atoms with Crippen LogP contribution in [0.25, 0.3) is 0 Å². The Bertz CT molecular complexity index is 892. The number of alkyl halides is 2. The molecule has 2 aromatic carbocycles. The van der Waals surface area contributed by atoms with E-state index in [1.54, 1.807) is 0 Å². The van der Waals surface area contributed by atoms with Crippen LogP contribution in [0, 0.1) is 10.1 Å². The molecule has 2 rings (SSSR count). The predicted octanol–water partition coefficient (Wildman–Crippen LogP) is 4.42. The molecule has 0 spiro atoms. The smallest absolute Gasteiger partial charge is 0.259 e. The van der Waals surface area contributed by atoms with E-state index in [0.717, 1.165) is 18.2 Å². The lowest BCUT2D eigenvalue weighted by atomic mass is 10.1. The van der Waals surface area contributed by atoms with E-state index in [9.17, 15) is 27.3 Å². The molecule has 0 aliphatic rings. The van der Waals surface area contributed by atoms with E-state index < -0.39 is 37.7 Å². The molecule has 0 fully saturated rings. The van der Waals surface area contributed by atoms with Gasteiger partial charge < -0.3 is 0 Å². The lowest BCUT2D eigenvalue weighted by Crippen LogP contribution is -2.38. The first-order valence-corrected chi connectivity index (χ1v) is 9.09. The van der Waals surface area contributed by atoms with Crippen molar-refractivity contribution >= 4 is 37.6 Å². The number of hydrogen-bond donors (Lipinski definition) is 0. The third-order valence-electron chi connectivity index (χ3n) is 3.07. The molecule has 0 N–H and O–H groups in total. The Morgan fingerprint density at radius 1 is 1.16 bits per heavy atom. The quantitative estimate of drug-likeness (QED) is 0.278. The van der Waals surface area contributed by atoms with E-state index in [0.29, 0.717) is 4.47 Å². The van der Waals surface area contributed by atoms with E-state index in [1.807, 2.05) is 0 Å². The molecule has 0 saturated carbocycles. The molecule has 6 nitrogen and oxygen atoms in total. The van der Waals surface area contributed by atoms with E-state index in [-0.39, 0.29) is 5.02 Å².